The molecule has 0 fully saturated rings. The van der Waals surface area contributed by atoms with Gasteiger partial charge < -0.3 is 16.0 Å². The highest BCUT2D eigenvalue weighted by atomic mass is 35.5. The number of para-hydroxylation sites is 1. The standard InChI is InChI=1S/C26H20Cl2N4O2/c1-29-22-5-3-2-4-20(22)16-6-8-17(9-7-16)25(33)31-23-12-10-18(27)14-21(23)26(34)32-24-13-11-19(28)15-30-24/h2-15,29H,1H3,(H,31,33)(H,30,32,34). The van der Waals surface area contributed by atoms with Crippen LogP contribution in [0.25, 0.3) is 11.1 Å². The SMILES string of the molecule is CNc1ccccc1-c1ccc(C(=O)Nc2ccc(Cl)cc2C(=O)Nc2ccc(Cl)cn2)cc1. The lowest BCUT2D eigenvalue weighted by molar-refractivity contribution is 0.102. The number of hydrogen-bond acceptors (Lipinski definition) is 4. The van der Waals surface area contributed by atoms with Crippen molar-refractivity contribution in [3.8, 4) is 11.1 Å². The van der Waals surface area contributed by atoms with Gasteiger partial charge in [-0.1, -0.05) is 53.5 Å². The summed E-state index contributed by atoms with van der Waals surface area (Å²) >= 11 is 12.0. The Bertz CT molecular complexity index is 1340. The number of aromatic nitrogens is 1. The van der Waals surface area contributed by atoms with Crippen LogP contribution in [0.2, 0.25) is 10.0 Å². The van der Waals surface area contributed by atoms with E-state index < -0.39 is 5.91 Å². The fourth-order valence-corrected chi connectivity index (χ4v) is 3.68. The highest BCUT2D eigenvalue weighted by Crippen LogP contribution is 2.28. The lowest BCUT2D eigenvalue weighted by Crippen LogP contribution is -2.18. The largest absolute Gasteiger partial charge is 0.388 e. The molecule has 170 valence electrons. The second-order valence-corrected chi connectivity index (χ2v) is 8.21. The summed E-state index contributed by atoms with van der Waals surface area (Å²) in [6.07, 6.45) is 1.43. The van der Waals surface area contributed by atoms with Crippen LogP contribution in [-0.4, -0.2) is 23.8 Å². The van der Waals surface area contributed by atoms with Gasteiger partial charge in [-0.05, 0) is 54.1 Å². The zero-order valence-electron chi connectivity index (χ0n) is 18.1. The number of carbonyl (C=O) groups is 2. The number of amides is 2. The molecule has 1 aromatic heterocycles. The number of pyridine rings is 1. The molecule has 2 amide bonds. The van der Waals surface area contributed by atoms with Crippen molar-refractivity contribution < 1.29 is 9.59 Å². The fourth-order valence-electron chi connectivity index (χ4n) is 3.40. The summed E-state index contributed by atoms with van der Waals surface area (Å²) in [4.78, 5) is 29.8. The summed E-state index contributed by atoms with van der Waals surface area (Å²) in [5.41, 5.74) is 3.98. The van der Waals surface area contributed by atoms with Crippen LogP contribution in [0.4, 0.5) is 17.2 Å². The van der Waals surface area contributed by atoms with Crippen molar-refractivity contribution in [2.24, 2.45) is 0 Å². The number of anilines is 3. The quantitative estimate of drug-likeness (QED) is 0.284. The number of nitrogens with one attached hydrogen (secondary N) is 3. The molecule has 3 aromatic carbocycles. The van der Waals surface area contributed by atoms with E-state index in [1.54, 1.807) is 36.4 Å². The molecule has 0 saturated carbocycles. The van der Waals surface area contributed by atoms with E-state index in [1.807, 2.05) is 43.4 Å². The molecule has 0 aliphatic rings. The highest BCUT2D eigenvalue weighted by Gasteiger charge is 2.16. The number of hydrogen-bond donors (Lipinski definition) is 3. The van der Waals surface area contributed by atoms with Gasteiger partial charge in [0, 0.05) is 35.1 Å². The van der Waals surface area contributed by atoms with Crippen LogP contribution >= 0.6 is 23.2 Å². The molecule has 4 rings (SSSR count). The lowest BCUT2D eigenvalue weighted by atomic mass is 10.0. The molecule has 0 bridgehead atoms. The zero-order valence-corrected chi connectivity index (χ0v) is 19.6. The summed E-state index contributed by atoms with van der Waals surface area (Å²) in [6.45, 7) is 0. The minimum Gasteiger partial charge on any atom is -0.388 e. The second-order valence-electron chi connectivity index (χ2n) is 7.33. The van der Waals surface area contributed by atoms with Crippen LogP contribution in [0.15, 0.2) is 85.1 Å². The van der Waals surface area contributed by atoms with Crippen LogP contribution in [0, 0.1) is 0 Å². The molecule has 1 heterocycles. The molecule has 0 aliphatic carbocycles. The van der Waals surface area contributed by atoms with Crippen molar-refractivity contribution >= 4 is 52.2 Å². The van der Waals surface area contributed by atoms with Gasteiger partial charge in [0.15, 0.2) is 0 Å². The first-order chi connectivity index (χ1) is 16.4. The predicted molar refractivity (Wildman–Crippen MR) is 138 cm³/mol. The van der Waals surface area contributed by atoms with E-state index in [9.17, 15) is 9.59 Å². The Morgan fingerprint density at radius 3 is 2.21 bits per heavy atom. The van der Waals surface area contributed by atoms with Gasteiger partial charge in [-0.2, -0.15) is 0 Å². The molecule has 0 radical (unpaired) electrons. The van der Waals surface area contributed by atoms with Gasteiger partial charge in [0.1, 0.15) is 5.82 Å². The summed E-state index contributed by atoms with van der Waals surface area (Å²) in [5, 5.41) is 9.46. The minimum absolute atomic E-state index is 0.206. The van der Waals surface area contributed by atoms with E-state index in [0.717, 1.165) is 16.8 Å². The molecule has 0 atom stereocenters. The first-order valence-electron chi connectivity index (χ1n) is 10.4. The van der Waals surface area contributed by atoms with Gasteiger partial charge in [0.25, 0.3) is 11.8 Å². The van der Waals surface area contributed by atoms with Gasteiger partial charge >= 0.3 is 0 Å². The number of rotatable bonds is 6. The molecule has 0 spiro atoms. The third kappa shape index (κ3) is 5.36. The molecule has 34 heavy (non-hydrogen) atoms. The fraction of sp³-hybridized carbons (Fsp3) is 0.0385. The summed E-state index contributed by atoms with van der Waals surface area (Å²) < 4.78 is 0. The van der Waals surface area contributed by atoms with Crippen molar-refractivity contribution in [3.63, 3.8) is 0 Å². The van der Waals surface area contributed by atoms with E-state index in [1.165, 1.54) is 12.3 Å². The van der Waals surface area contributed by atoms with Crippen molar-refractivity contribution in [3.05, 3.63) is 106 Å². The van der Waals surface area contributed by atoms with Crippen molar-refractivity contribution in [1.29, 1.82) is 0 Å². The molecular formula is C26H20Cl2N4O2. The molecule has 4 aromatic rings. The van der Waals surface area contributed by atoms with E-state index in [2.05, 4.69) is 20.9 Å². The minimum atomic E-state index is -0.466. The Morgan fingerprint density at radius 2 is 1.50 bits per heavy atom. The van der Waals surface area contributed by atoms with Gasteiger partial charge in [-0.3, -0.25) is 9.59 Å². The van der Waals surface area contributed by atoms with E-state index in [4.69, 9.17) is 23.2 Å². The van der Waals surface area contributed by atoms with E-state index in [0.29, 0.717) is 27.1 Å². The summed E-state index contributed by atoms with van der Waals surface area (Å²) in [5.74, 6) is -0.495. The maximum absolute atomic E-state index is 12.9. The molecule has 0 saturated heterocycles. The monoisotopic (exact) mass is 490 g/mol. The topological polar surface area (TPSA) is 83.1 Å². The predicted octanol–water partition coefficient (Wildman–Crippen LogP) is 6.60. The Kier molecular flexibility index (Phi) is 7.11. The van der Waals surface area contributed by atoms with Crippen molar-refractivity contribution in [2.45, 2.75) is 0 Å². The van der Waals surface area contributed by atoms with Crippen LogP contribution in [0.1, 0.15) is 20.7 Å². The van der Waals surface area contributed by atoms with Gasteiger partial charge in [-0.25, -0.2) is 4.98 Å². The van der Waals surface area contributed by atoms with E-state index >= 15 is 0 Å². The van der Waals surface area contributed by atoms with Crippen molar-refractivity contribution in [2.75, 3.05) is 23.0 Å². The van der Waals surface area contributed by atoms with Gasteiger partial charge in [-0.15, -0.1) is 0 Å². The number of benzene rings is 3. The van der Waals surface area contributed by atoms with E-state index in [-0.39, 0.29) is 11.5 Å². The number of nitrogens with zero attached hydrogens (tertiary/aromatic N) is 1. The highest BCUT2D eigenvalue weighted by molar-refractivity contribution is 6.31. The maximum Gasteiger partial charge on any atom is 0.258 e. The lowest BCUT2D eigenvalue weighted by Gasteiger charge is -2.13. The van der Waals surface area contributed by atoms with Crippen molar-refractivity contribution in [1.82, 2.24) is 4.98 Å². The Labute approximate surface area is 206 Å². The third-order valence-electron chi connectivity index (χ3n) is 5.10. The zero-order chi connectivity index (χ0) is 24.1. The molecule has 6 nitrogen and oxygen atoms in total. The summed E-state index contributed by atoms with van der Waals surface area (Å²) in [6, 6.07) is 23.0. The second kappa shape index (κ2) is 10.4. The summed E-state index contributed by atoms with van der Waals surface area (Å²) in [7, 11) is 1.86. The smallest absolute Gasteiger partial charge is 0.258 e. The average molecular weight is 491 g/mol. The number of halogens is 2. The van der Waals surface area contributed by atoms with Gasteiger partial charge in [0.2, 0.25) is 0 Å². The molecular weight excluding hydrogens is 471 g/mol. The Balaban J connectivity index is 1.54. The molecule has 0 unspecified atom stereocenters. The third-order valence-corrected chi connectivity index (χ3v) is 5.56. The number of carbonyl (C=O) groups excluding carboxylic acids is 2. The van der Waals surface area contributed by atoms with Crippen LogP contribution in [0.5, 0.6) is 0 Å². The normalized spacial score (nSPS) is 10.4. The first-order valence-corrected chi connectivity index (χ1v) is 11.1. The van der Waals surface area contributed by atoms with Crippen LogP contribution < -0.4 is 16.0 Å². The van der Waals surface area contributed by atoms with Gasteiger partial charge in [0.05, 0.1) is 16.3 Å². The maximum atomic E-state index is 12.9. The van der Waals surface area contributed by atoms with Crippen LogP contribution in [-0.2, 0) is 0 Å². The average Bonchev–Trinajstić information content (AvgIpc) is 2.86. The first kappa shape index (κ1) is 23.3. The molecule has 3 N–H and O–H groups in total. The Hall–Kier alpha value is -3.87. The molecule has 0 aliphatic heterocycles. The Morgan fingerprint density at radius 1 is 0.765 bits per heavy atom. The van der Waals surface area contributed by atoms with Crippen LogP contribution in [0.3, 0.4) is 0 Å². The molecule has 8 heteroatoms.